The van der Waals surface area contributed by atoms with E-state index in [-0.39, 0.29) is 11.2 Å². The molecule has 22 heteroatoms. The standard InChI is InChI=1S/C22H28N6O14P2/c23-11-3-4-25-20-14(11)26-9-28(20)22-18(32)16(30)13(41-22)8-39-44(36,37)42-43(34,35)38-7-12-15(29)17(31)21(40-12)27-5-1-2-10(6-27)19(24)33/h1-6,9,12-13,15-18,21-22,29-32H,7-8H2,(H5-,23,24,25,33,34,35,36,37)/p+1/t12-,13-,15?,16?,17+,18+,21-,22-/m1/s1. The molecule has 3 aromatic rings. The van der Waals surface area contributed by atoms with Crippen LogP contribution in [-0.4, -0.2) is 100 Å². The number of nitrogens with two attached hydrogens (primary N) is 2. The van der Waals surface area contributed by atoms with Crippen LogP contribution >= 0.6 is 15.6 Å². The second-order valence-electron chi connectivity index (χ2n) is 9.83. The number of ether oxygens (including phenoxy) is 2. The van der Waals surface area contributed by atoms with Crippen molar-refractivity contribution in [3.05, 3.63) is 48.7 Å². The van der Waals surface area contributed by atoms with E-state index in [4.69, 9.17) is 25.5 Å². The zero-order valence-electron chi connectivity index (χ0n) is 22.4. The molecule has 0 saturated carbocycles. The van der Waals surface area contributed by atoms with Crippen molar-refractivity contribution in [2.24, 2.45) is 5.73 Å². The molecule has 0 aliphatic carbocycles. The first-order valence-corrected chi connectivity index (χ1v) is 15.7. The Balaban J connectivity index is 1.16. The number of carbonyl (C=O) groups excluding carboxylic acids is 1. The van der Waals surface area contributed by atoms with Crippen molar-refractivity contribution < 1.29 is 71.5 Å². The first kappa shape index (κ1) is 32.5. The van der Waals surface area contributed by atoms with Gasteiger partial charge in [-0.2, -0.15) is 8.88 Å². The van der Waals surface area contributed by atoms with Crippen molar-refractivity contribution in [1.29, 1.82) is 0 Å². The van der Waals surface area contributed by atoms with Gasteiger partial charge in [-0.25, -0.2) is 19.1 Å². The van der Waals surface area contributed by atoms with E-state index in [1.165, 1.54) is 52.3 Å². The molecule has 5 rings (SSSR count). The lowest BCUT2D eigenvalue weighted by Gasteiger charge is -2.20. The first-order chi connectivity index (χ1) is 20.7. The second-order valence-corrected chi connectivity index (χ2v) is 12.9. The molecule has 0 radical (unpaired) electrons. The molecule has 10 atom stereocenters. The molecule has 2 aliphatic heterocycles. The lowest BCUT2D eigenvalue weighted by Crippen LogP contribution is -2.46. The smallest absolute Gasteiger partial charge is 0.397 e. The highest BCUT2D eigenvalue weighted by Crippen LogP contribution is 2.60. The zero-order chi connectivity index (χ0) is 32.0. The maximum absolute atomic E-state index is 12.4. The van der Waals surface area contributed by atoms with Gasteiger partial charge in [-0.1, -0.05) is 0 Å². The molecule has 3 aromatic heterocycles. The molecule has 240 valence electrons. The third kappa shape index (κ3) is 6.68. The van der Waals surface area contributed by atoms with Crippen LogP contribution in [-0.2, 0) is 32.0 Å². The molecule has 10 N–H and O–H groups in total. The number of phosphoric acid groups is 2. The number of nitrogens with zero attached hydrogens (tertiary/aromatic N) is 4. The van der Waals surface area contributed by atoms with Crippen LogP contribution in [0, 0.1) is 0 Å². The Labute approximate surface area is 247 Å². The summed E-state index contributed by atoms with van der Waals surface area (Å²) in [7, 11) is -10.7. The molecule has 0 aromatic carbocycles. The number of fused-ring (bicyclic) bond motifs is 1. The van der Waals surface area contributed by atoms with Crippen LogP contribution in [0.4, 0.5) is 5.69 Å². The van der Waals surface area contributed by atoms with Gasteiger partial charge in [0, 0.05) is 12.3 Å². The van der Waals surface area contributed by atoms with Gasteiger partial charge >= 0.3 is 15.6 Å². The van der Waals surface area contributed by atoms with Crippen LogP contribution in [0.5, 0.6) is 0 Å². The predicted octanol–water partition coefficient (Wildman–Crippen LogP) is -2.41. The lowest BCUT2D eigenvalue weighted by atomic mass is 10.1. The Morgan fingerprint density at radius 3 is 2.27 bits per heavy atom. The fraction of sp³-hybridized carbons (Fsp3) is 0.455. The fourth-order valence-corrected chi connectivity index (χ4v) is 6.75. The van der Waals surface area contributed by atoms with E-state index in [1.54, 1.807) is 0 Å². The number of pyridine rings is 2. The number of amides is 1. The van der Waals surface area contributed by atoms with Crippen LogP contribution in [0.3, 0.4) is 0 Å². The number of primary amides is 1. The average molecular weight is 663 g/mol. The first-order valence-electron chi connectivity index (χ1n) is 12.7. The van der Waals surface area contributed by atoms with Gasteiger partial charge in [0.25, 0.3) is 12.1 Å². The van der Waals surface area contributed by atoms with Gasteiger partial charge in [-0.15, -0.1) is 0 Å². The highest BCUT2D eigenvalue weighted by molar-refractivity contribution is 7.61. The van der Waals surface area contributed by atoms with Crippen molar-refractivity contribution in [2.45, 2.75) is 49.1 Å². The quantitative estimate of drug-likeness (QED) is 0.0782. The summed E-state index contributed by atoms with van der Waals surface area (Å²) in [5, 5.41) is 41.7. The monoisotopic (exact) mass is 663 g/mol. The topological polar surface area (TPSA) is 305 Å². The van der Waals surface area contributed by atoms with E-state index in [0.717, 1.165) is 0 Å². The Morgan fingerprint density at radius 1 is 0.977 bits per heavy atom. The number of nitrogen functional groups attached to an aromatic ring is 1. The molecular weight excluding hydrogens is 634 g/mol. The van der Waals surface area contributed by atoms with Crippen molar-refractivity contribution in [3.8, 4) is 0 Å². The van der Waals surface area contributed by atoms with Crippen molar-refractivity contribution >= 4 is 38.4 Å². The molecule has 5 heterocycles. The van der Waals surface area contributed by atoms with Gasteiger partial charge in [0.15, 0.2) is 30.4 Å². The molecule has 20 nitrogen and oxygen atoms in total. The second kappa shape index (κ2) is 12.5. The molecule has 44 heavy (non-hydrogen) atoms. The van der Waals surface area contributed by atoms with Crippen LogP contribution in [0.25, 0.3) is 11.2 Å². The van der Waals surface area contributed by atoms with Gasteiger partial charge in [0.2, 0.25) is 0 Å². The summed E-state index contributed by atoms with van der Waals surface area (Å²) in [6.07, 6.45) is -6.46. The van der Waals surface area contributed by atoms with Crippen LogP contribution in [0.1, 0.15) is 22.8 Å². The van der Waals surface area contributed by atoms with Crippen molar-refractivity contribution in [1.82, 2.24) is 14.5 Å². The molecule has 2 aliphatic rings. The maximum Gasteiger partial charge on any atom is 0.481 e. The minimum absolute atomic E-state index is 0.0717. The Morgan fingerprint density at radius 2 is 1.61 bits per heavy atom. The van der Waals surface area contributed by atoms with Gasteiger partial charge in [-0.3, -0.25) is 18.4 Å². The van der Waals surface area contributed by atoms with Gasteiger partial charge in [-0.05, 0) is 12.1 Å². The van der Waals surface area contributed by atoms with E-state index in [0.29, 0.717) is 11.2 Å². The number of rotatable bonds is 11. The SMILES string of the molecule is NC(=O)c1ccc[n+]([C@@H]2O[C@H](COP(=O)(O)OP(=O)(O)OC[C@H]3O[C@@H](n4cnc5c(N)ccnc54)[C@@H](O)C3O)C(O)[C@@H]2O)c1. The number of aromatic nitrogens is 4. The third-order valence-electron chi connectivity index (χ3n) is 6.85. The molecule has 2 saturated heterocycles. The molecule has 0 spiro atoms. The summed E-state index contributed by atoms with van der Waals surface area (Å²) in [5.41, 5.74) is 12.0. The minimum atomic E-state index is -5.36. The van der Waals surface area contributed by atoms with Gasteiger partial charge < -0.3 is 51.2 Å². The van der Waals surface area contributed by atoms with Crippen LogP contribution in [0.2, 0.25) is 0 Å². The summed E-state index contributed by atoms with van der Waals surface area (Å²) >= 11 is 0. The number of hydrogen-bond donors (Lipinski definition) is 8. The minimum Gasteiger partial charge on any atom is -0.397 e. The van der Waals surface area contributed by atoms with E-state index >= 15 is 0 Å². The summed E-state index contributed by atoms with van der Waals surface area (Å²) in [5.74, 6) is -0.763. The zero-order valence-corrected chi connectivity index (χ0v) is 24.2. The summed E-state index contributed by atoms with van der Waals surface area (Å²) in [6, 6.07) is 4.35. The van der Waals surface area contributed by atoms with Crippen molar-refractivity contribution in [2.75, 3.05) is 18.9 Å². The summed E-state index contributed by atoms with van der Waals surface area (Å²) in [6.45, 7) is -1.78. The highest BCUT2D eigenvalue weighted by Gasteiger charge is 2.50. The fourth-order valence-electron chi connectivity index (χ4n) is 4.66. The number of aliphatic hydroxyl groups excluding tert-OH is 4. The molecule has 2 fully saturated rings. The highest BCUT2D eigenvalue weighted by atomic mass is 31.3. The van der Waals surface area contributed by atoms with Gasteiger partial charge in [0.1, 0.15) is 41.6 Å². The number of anilines is 1. The molecule has 4 unspecified atom stereocenters. The van der Waals surface area contributed by atoms with E-state index in [2.05, 4.69) is 18.8 Å². The molecule has 0 bridgehead atoms. The number of imidazole rings is 1. The predicted molar refractivity (Wildman–Crippen MR) is 142 cm³/mol. The average Bonchev–Trinajstić information content (AvgIpc) is 3.61. The molecular formula is C22H29N6O14P2+. The van der Waals surface area contributed by atoms with E-state index in [1.807, 2.05) is 0 Å². The normalized spacial score (nSPS) is 31.6. The largest absolute Gasteiger partial charge is 0.481 e. The van der Waals surface area contributed by atoms with E-state index < -0.39 is 83.8 Å². The number of aliphatic hydroxyl groups is 4. The lowest BCUT2D eigenvalue weighted by molar-refractivity contribution is -0.765. The molecule has 1 amide bonds. The Bertz CT molecular complexity index is 1630. The van der Waals surface area contributed by atoms with E-state index in [9.17, 15) is 44.1 Å². The number of phosphoric ester groups is 2. The maximum atomic E-state index is 12.4. The summed E-state index contributed by atoms with van der Waals surface area (Å²) in [4.78, 5) is 39.7. The van der Waals surface area contributed by atoms with Gasteiger partial charge in [0.05, 0.1) is 25.2 Å². The Hall–Kier alpha value is -2.94. The van der Waals surface area contributed by atoms with Crippen LogP contribution in [0.15, 0.2) is 43.1 Å². The van der Waals surface area contributed by atoms with Crippen LogP contribution < -0.4 is 16.0 Å². The Kier molecular flexibility index (Phi) is 9.18. The summed E-state index contributed by atoms with van der Waals surface area (Å²) < 4.78 is 52.1. The number of hydrogen-bond acceptors (Lipinski definition) is 15. The van der Waals surface area contributed by atoms with Crippen molar-refractivity contribution in [3.63, 3.8) is 0 Å². The third-order valence-corrected chi connectivity index (χ3v) is 9.45. The number of carbonyl (C=O) groups is 1.